The van der Waals surface area contributed by atoms with Crippen molar-refractivity contribution in [2.24, 2.45) is 10.7 Å². The Morgan fingerprint density at radius 2 is 1.87 bits per heavy atom. The number of guanidine groups is 1. The molecule has 1 aromatic carbocycles. The van der Waals surface area contributed by atoms with Gasteiger partial charge in [0.25, 0.3) is 5.56 Å². The van der Waals surface area contributed by atoms with Gasteiger partial charge in [-0.2, -0.15) is 0 Å². The fourth-order valence-corrected chi connectivity index (χ4v) is 3.11. The number of aliphatic imine (C=N–C) groups is 1. The lowest BCUT2D eigenvalue weighted by molar-refractivity contribution is 0.0186. The number of allylic oxidation sites excluding steroid dienone is 1. The van der Waals surface area contributed by atoms with E-state index in [1.807, 2.05) is 25.7 Å². The molecule has 0 unspecified atom stereocenters. The maximum atomic E-state index is 12.7. The number of carbonyl (C=O) groups excluding carboxylic acids is 1. The Morgan fingerprint density at radius 3 is 2.52 bits per heavy atom. The fraction of sp³-hybridized carbons (Fsp3) is 0.429. The second-order valence-corrected chi connectivity index (χ2v) is 8.33. The molecule has 0 spiro atoms. The van der Waals surface area contributed by atoms with Crippen LogP contribution < -0.4 is 11.3 Å². The lowest BCUT2D eigenvalue weighted by Crippen LogP contribution is -2.53. The van der Waals surface area contributed by atoms with Crippen LogP contribution in [0.5, 0.6) is 5.75 Å². The van der Waals surface area contributed by atoms with Crippen molar-refractivity contribution in [3.05, 3.63) is 41.1 Å². The number of fused-ring (bicyclic) bond motifs is 1. The number of carbonyl (C=O) groups is 1. The molecule has 0 aliphatic carbocycles. The van der Waals surface area contributed by atoms with E-state index in [1.54, 1.807) is 17.9 Å². The molecule has 1 aliphatic heterocycles. The second kappa shape index (κ2) is 8.66. The highest BCUT2D eigenvalue weighted by Gasteiger charge is 2.26. The molecule has 0 radical (unpaired) electrons. The van der Waals surface area contributed by atoms with Crippen LogP contribution in [0.1, 0.15) is 27.7 Å². The van der Waals surface area contributed by atoms with Crippen LogP contribution in [-0.2, 0) is 4.74 Å². The molecule has 10 heteroatoms. The molecule has 1 fully saturated rings. The highest BCUT2D eigenvalue weighted by atomic mass is 16.6. The van der Waals surface area contributed by atoms with E-state index in [2.05, 4.69) is 9.98 Å². The third-order valence-corrected chi connectivity index (χ3v) is 4.76. The molecule has 31 heavy (non-hydrogen) atoms. The molecular formula is C21H28N6O4. The molecule has 1 aliphatic rings. The maximum Gasteiger partial charge on any atom is 0.410 e. The van der Waals surface area contributed by atoms with Crippen molar-refractivity contribution < 1.29 is 14.6 Å². The van der Waals surface area contributed by atoms with Crippen molar-refractivity contribution in [2.45, 2.75) is 33.3 Å². The van der Waals surface area contributed by atoms with Gasteiger partial charge in [0, 0.05) is 31.9 Å². The highest BCUT2D eigenvalue weighted by Crippen LogP contribution is 2.15. The molecule has 0 saturated carbocycles. The standard InChI is InChI=1S/C21H28N6O4/c1-14(27-13-24-17-6-5-15(28)11-16(17)18(27)29)12-23-19(22)25-7-9-26(10-8-25)20(30)31-21(2,3)4/h5-6,11-13,28H,7-10H2,1-4H3,(H2,22,23)/b14-12+. The first-order valence-electron chi connectivity index (χ1n) is 9.99. The fourth-order valence-electron chi connectivity index (χ4n) is 3.11. The number of nitrogens with two attached hydrogens (primary N) is 1. The third kappa shape index (κ3) is 5.33. The molecule has 1 aromatic heterocycles. The summed E-state index contributed by atoms with van der Waals surface area (Å²) in [7, 11) is 0. The largest absolute Gasteiger partial charge is 0.508 e. The van der Waals surface area contributed by atoms with Gasteiger partial charge in [0.15, 0.2) is 5.96 Å². The number of benzene rings is 1. The van der Waals surface area contributed by atoms with Crippen LogP contribution in [0, 0.1) is 0 Å². The van der Waals surface area contributed by atoms with Gasteiger partial charge in [-0.25, -0.2) is 14.8 Å². The lowest BCUT2D eigenvalue weighted by atomic mass is 10.2. The summed E-state index contributed by atoms with van der Waals surface area (Å²) in [5.74, 6) is 0.293. The molecule has 3 N–H and O–H groups in total. The van der Waals surface area contributed by atoms with Crippen molar-refractivity contribution in [1.29, 1.82) is 0 Å². The number of rotatable bonds is 2. The summed E-state index contributed by atoms with van der Waals surface area (Å²) in [6.07, 6.45) is 2.57. The summed E-state index contributed by atoms with van der Waals surface area (Å²) < 4.78 is 6.74. The first kappa shape index (κ1) is 22.1. The zero-order valence-corrected chi connectivity index (χ0v) is 18.2. The number of ether oxygens (including phenoxy) is 1. The normalized spacial score (nSPS) is 16.0. The molecule has 3 rings (SSSR count). The lowest BCUT2D eigenvalue weighted by Gasteiger charge is -2.35. The van der Waals surface area contributed by atoms with Gasteiger partial charge in [-0.3, -0.25) is 9.36 Å². The molecule has 166 valence electrons. The molecule has 1 amide bonds. The van der Waals surface area contributed by atoms with Gasteiger partial charge >= 0.3 is 6.09 Å². The minimum atomic E-state index is -0.536. The summed E-state index contributed by atoms with van der Waals surface area (Å²) in [5, 5.41) is 9.96. The molecule has 1 saturated heterocycles. The van der Waals surface area contributed by atoms with Crippen molar-refractivity contribution in [3.8, 4) is 5.75 Å². The Bertz CT molecular complexity index is 1090. The van der Waals surface area contributed by atoms with E-state index < -0.39 is 5.60 Å². The molecular weight excluding hydrogens is 400 g/mol. The highest BCUT2D eigenvalue weighted by molar-refractivity contribution is 5.81. The second-order valence-electron chi connectivity index (χ2n) is 8.33. The van der Waals surface area contributed by atoms with E-state index in [0.29, 0.717) is 48.7 Å². The summed E-state index contributed by atoms with van der Waals surface area (Å²) in [6, 6.07) is 4.45. The minimum Gasteiger partial charge on any atom is -0.508 e. The van der Waals surface area contributed by atoms with Crippen LogP contribution in [0.15, 0.2) is 40.5 Å². The van der Waals surface area contributed by atoms with E-state index in [9.17, 15) is 14.7 Å². The van der Waals surface area contributed by atoms with Gasteiger partial charge in [-0.05, 0) is 45.9 Å². The number of phenols is 1. The van der Waals surface area contributed by atoms with Crippen molar-refractivity contribution in [3.63, 3.8) is 0 Å². The van der Waals surface area contributed by atoms with Gasteiger partial charge < -0.3 is 25.4 Å². The number of phenolic OH excluding ortho intramolecular Hbond substituents is 1. The minimum absolute atomic E-state index is 0.00132. The van der Waals surface area contributed by atoms with Crippen LogP contribution in [-0.4, -0.2) is 68.3 Å². The quantitative estimate of drug-likeness (QED) is 0.551. The SMILES string of the molecule is C/C(=C\N=C(N)N1CCN(C(=O)OC(C)(C)C)CC1)n1cnc2ccc(O)cc2c1=O. The number of piperazine rings is 1. The number of nitrogens with zero attached hydrogens (tertiary/aromatic N) is 5. The summed E-state index contributed by atoms with van der Waals surface area (Å²) in [4.78, 5) is 36.9. The topological polar surface area (TPSA) is 126 Å². The Balaban J connectivity index is 1.69. The van der Waals surface area contributed by atoms with Crippen LogP contribution in [0.3, 0.4) is 0 Å². The van der Waals surface area contributed by atoms with E-state index in [0.717, 1.165) is 0 Å². The summed E-state index contributed by atoms with van der Waals surface area (Å²) in [5.41, 5.74) is 6.28. The van der Waals surface area contributed by atoms with Crippen LogP contribution in [0.25, 0.3) is 16.6 Å². The average Bonchev–Trinajstić information content (AvgIpc) is 2.71. The van der Waals surface area contributed by atoms with E-state index in [1.165, 1.54) is 29.2 Å². The molecule has 10 nitrogen and oxygen atoms in total. The van der Waals surface area contributed by atoms with Crippen molar-refractivity contribution >= 4 is 28.7 Å². The zero-order valence-electron chi connectivity index (χ0n) is 18.2. The predicted octanol–water partition coefficient (Wildman–Crippen LogP) is 1.79. The molecule has 0 bridgehead atoms. The third-order valence-electron chi connectivity index (χ3n) is 4.76. The van der Waals surface area contributed by atoms with Crippen LogP contribution >= 0.6 is 0 Å². The summed E-state index contributed by atoms with van der Waals surface area (Å²) in [6.45, 7) is 9.22. The van der Waals surface area contributed by atoms with E-state index in [4.69, 9.17) is 10.5 Å². The van der Waals surface area contributed by atoms with Gasteiger partial charge in [-0.1, -0.05) is 0 Å². The molecule has 2 heterocycles. The van der Waals surface area contributed by atoms with Crippen molar-refractivity contribution in [2.75, 3.05) is 26.2 Å². The number of hydrogen-bond acceptors (Lipinski definition) is 6. The Morgan fingerprint density at radius 1 is 1.23 bits per heavy atom. The van der Waals surface area contributed by atoms with Gasteiger partial charge in [-0.15, -0.1) is 0 Å². The first-order chi connectivity index (χ1) is 14.5. The summed E-state index contributed by atoms with van der Waals surface area (Å²) >= 11 is 0. The Hall–Kier alpha value is -3.56. The van der Waals surface area contributed by atoms with E-state index in [-0.39, 0.29) is 17.4 Å². The van der Waals surface area contributed by atoms with Gasteiger partial charge in [0.05, 0.1) is 17.1 Å². The van der Waals surface area contributed by atoms with Crippen LogP contribution in [0.4, 0.5) is 4.79 Å². The smallest absolute Gasteiger partial charge is 0.410 e. The predicted molar refractivity (Wildman–Crippen MR) is 119 cm³/mol. The monoisotopic (exact) mass is 428 g/mol. The number of amides is 1. The Labute approximate surface area is 180 Å². The Kier molecular flexibility index (Phi) is 6.19. The number of aromatic hydroxyl groups is 1. The maximum absolute atomic E-state index is 12.7. The average molecular weight is 428 g/mol. The zero-order chi connectivity index (χ0) is 22.8. The molecule has 2 aromatic rings. The van der Waals surface area contributed by atoms with Gasteiger partial charge in [0.1, 0.15) is 17.7 Å². The van der Waals surface area contributed by atoms with E-state index >= 15 is 0 Å². The number of hydrogen-bond donors (Lipinski definition) is 2. The van der Waals surface area contributed by atoms with Crippen molar-refractivity contribution in [1.82, 2.24) is 19.4 Å². The van der Waals surface area contributed by atoms with Gasteiger partial charge in [0.2, 0.25) is 0 Å². The first-order valence-corrected chi connectivity index (χ1v) is 9.99. The van der Waals surface area contributed by atoms with Crippen LogP contribution in [0.2, 0.25) is 0 Å². The molecule has 0 atom stereocenters. The number of aromatic nitrogens is 2.